The van der Waals surface area contributed by atoms with Crippen LogP contribution in [0.5, 0.6) is 0 Å². The second-order valence-electron chi connectivity index (χ2n) is 3.42. The number of hydrogen-bond acceptors (Lipinski definition) is 4. The zero-order valence-electron chi connectivity index (χ0n) is 8.93. The molecule has 0 unspecified atom stereocenters. The normalized spacial score (nSPS) is 10.1. The number of rotatable bonds is 4. The second kappa shape index (κ2) is 5.23. The maximum Gasteiger partial charge on any atom is 0.130 e. The minimum atomic E-state index is 0.493. The van der Waals surface area contributed by atoms with Crippen LogP contribution >= 0.6 is 0 Å². The van der Waals surface area contributed by atoms with Gasteiger partial charge in [0.15, 0.2) is 0 Å². The van der Waals surface area contributed by atoms with Crippen LogP contribution in [0.25, 0.3) is 0 Å². The van der Waals surface area contributed by atoms with Gasteiger partial charge >= 0.3 is 0 Å². The molecule has 4 heteroatoms. The smallest absolute Gasteiger partial charge is 0.130 e. The van der Waals surface area contributed by atoms with E-state index in [1.165, 1.54) is 5.56 Å². The van der Waals surface area contributed by atoms with Gasteiger partial charge in [-0.1, -0.05) is 6.07 Å². The Morgan fingerprint density at radius 3 is 2.69 bits per heavy atom. The van der Waals surface area contributed by atoms with Gasteiger partial charge in [-0.15, -0.1) is 0 Å². The third-order valence-electron chi connectivity index (χ3n) is 2.32. The van der Waals surface area contributed by atoms with Gasteiger partial charge in [-0.3, -0.25) is 4.98 Å². The molecule has 4 nitrogen and oxygen atoms in total. The fraction of sp³-hybridized carbons (Fsp3) is 0.167. The van der Waals surface area contributed by atoms with Crippen LogP contribution in [0.2, 0.25) is 0 Å². The summed E-state index contributed by atoms with van der Waals surface area (Å²) < 4.78 is 0. The summed E-state index contributed by atoms with van der Waals surface area (Å²) >= 11 is 0. The van der Waals surface area contributed by atoms with Gasteiger partial charge in [0.25, 0.3) is 0 Å². The molecule has 0 aliphatic carbocycles. The lowest BCUT2D eigenvalue weighted by molar-refractivity contribution is 1.02. The van der Waals surface area contributed by atoms with Crippen LogP contribution in [0.4, 0.5) is 5.82 Å². The third kappa shape index (κ3) is 2.55. The number of aromatic nitrogens is 2. The van der Waals surface area contributed by atoms with Crippen LogP contribution in [-0.2, 0) is 13.1 Å². The monoisotopic (exact) mass is 214 g/mol. The zero-order chi connectivity index (χ0) is 11.2. The van der Waals surface area contributed by atoms with Crippen molar-refractivity contribution in [2.45, 2.75) is 13.1 Å². The van der Waals surface area contributed by atoms with Crippen LogP contribution in [0.15, 0.2) is 42.9 Å². The molecule has 2 aromatic rings. The van der Waals surface area contributed by atoms with Crippen molar-refractivity contribution in [1.29, 1.82) is 0 Å². The lowest BCUT2D eigenvalue weighted by atomic mass is 10.2. The standard InChI is InChI=1S/C12H14N4/c13-8-11-2-1-5-15-12(11)16-9-10-3-6-14-7-4-10/h1-7H,8-9,13H2,(H,15,16). The number of nitrogens with two attached hydrogens (primary N) is 1. The Morgan fingerprint density at radius 1 is 1.12 bits per heavy atom. The molecule has 82 valence electrons. The molecule has 2 heterocycles. The van der Waals surface area contributed by atoms with E-state index in [1.54, 1.807) is 18.6 Å². The van der Waals surface area contributed by atoms with Crippen molar-refractivity contribution in [2.75, 3.05) is 5.32 Å². The predicted octanol–water partition coefficient (Wildman–Crippen LogP) is 1.55. The van der Waals surface area contributed by atoms with Crippen molar-refractivity contribution in [1.82, 2.24) is 9.97 Å². The van der Waals surface area contributed by atoms with Gasteiger partial charge in [-0.2, -0.15) is 0 Å². The molecular weight excluding hydrogens is 200 g/mol. The fourth-order valence-electron chi connectivity index (χ4n) is 1.45. The van der Waals surface area contributed by atoms with Crippen molar-refractivity contribution in [3.8, 4) is 0 Å². The lowest BCUT2D eigenvalue weighted by Crippen LogP contribution is -2.07. The molecule has 16 heavy (non-hydrogen) atoms. The Balaban J connectivity index is 2.05. The summed E-state index contributed by atoms with van der Waals surface area (Å²) in [6, 6.07) is 7.80. The molecule has 0 atom stereocenters. The molecule has 0 aliphatic heterocycles. The summed E-state index contributed by atoms with van der Waals surface area (Å²) in [5.41, 5.74) is 7.82. The molecule has 3 N–H and O–H groups in total. The maximum atomic E-state index is 5.63. The number of hydrogen-bond donors (Lipinski definition) is 2. The molecule has 0 bridgehead atoms. The average Bonchev–Trinajstić information content (AvgIpc) is 2.38. The molecule has 0 amide bonds. The first-order valence-electron chi connectivity index (χ1n) is 5.17. The van der Waals surface area contributed by atoms with Gasteiger partial charge in [0.2, 0.25) is 0 Å². The third-order valence-corrected chi connectivity index (χ3v) is 2.32. The van der Waals surface area contributed by atoms with Crippen LogP contribution in [-0.4, -0.2) is 9.97 Å². The van der Waals surface area contributed by atoms with E-state index in [-0.39, 0.29) is 0 Å². The number of nitrogens with zero attached hydrogens (tertiary/aromatic N) is 2. The lowest BCUT2D eigenvalue weighted by Gasteiger charge is -2.09. The molecule has 0 spiro atoms. The SMILES string of the molecule is NCc1cccnc1NCc1ccncc1. The van der Waals surface area contributed by atoms with E-state index in [1.807, 2.05) is 24.3 Å². The van der Waals surface area contributed by atoms with Gasteiger partial charge in [0, 0.05) is 37.2 Å². The molecule has 0 radical (unpaired) electrons. The highest BCUT2D eigenvalue weighted by atomic mass is 15.0. The van der Waals surface area contributed by atoms with Gasteiger partial charge in [-0.05, 0) is 23.8 Å². The molecule has 2 rings (SSSR count). The number of pyridine rings is 2. The van der Waals surface area contributed by atoms with E-state index in [0.29, 0.717) is 6.54 Å². The van der Waals surface area contributed by atoms with Crippen molar-refractivity contribution < 1.29 is 0 Å². The van der Waals surface area contributed by atoms with Crippen molar-refractivity contribution in [3.63, 3.8) is 0 Å². The first kappa shape index (κ1) is 10.6. The second-order valence-corrected chi connectivity index (χ2v) is 3.42. The Hall–Kier alpha value is -1.94. The highest BCUT2D eigenvalue weighted by Crippen LogP contribution is 2.11. The van der Waals surface area contributed by atoms with Crippen molar-refractivity contribution >= 4 is 5.82 Å². The minimum absolute atomic E-state index is 0.493. The average molecular weight is 214 g/mol. The highest BCUT2D eigenvalue weighted by molar-refractivity contribution is 5.43. The van der Waals surface area contributed by atoms with E-state index in [4.69, 9.17) is 5.73 Å². The first-order valence-corrected chi connectivity index (χ1v) is 5.17. The molecule has 2 aromatic heterocycles. The predicted molar refractivity (Wildman–Crippen MR) is 63.7 cm³/mol. The van der Waals surface area contributed by atoms with E-state index < -0.39 is 0 Å². The van der Waals surface area contributed by atoms with Crippen LogP contribution in [0, 0.1) is 0 Å². The van der Waals surface area contributed by atoms with Gasteiger partial charge in [0.05, 0.1) is 0 Å². The van der Waals surface area contributed by atoms with E-state index in [9.17, 15) is 0 Å². The Bertz CT molecular complexity index is 442. The molecular formula is C12H14N4. The Labute approximate surface area is 94.5 Å². The van der Waals surface area contributed by atoms with E-state index in [0.717, 1.165) is 17.9 Å². The van der Waals surface area contributed by atoms with E-state index in [2.05, 4.69) is 15.3 Å². The summed E-state index contributed by atoms with van der Waals surface area (Å²) in [4.78, 5) is 8.23. The fourth-order valence-corrected chi connectivity index (χ4v) is 1.45. The summed E-state index contributed by atoms with van der Waals surface area (Å²) in [5.74, 6) is 0.849. The van der Waals surface area contributed by atoms with Crippen LogP contribution < -0.4 is 11.1 Å². The molecule has 0 saturated heterocycles. The summed E-state index contributed by atoms with van der Waals surface area (Å²) in [6.07, 6.45) is 5.31. The summed E-state index contributed by atoms with van der Waals surface area (Å²) in [6.45, 7) is 1.22. The van der Waals surface area contributed by atoms with Crippen LogP contribution in [0.1, 0.15) is 11.1 Å². The zero-order valence-corrected chi connectivity index (χ0v) is 8.93. The van der Waals surface area contributed by atoms with E-state index >= 15 is 0 Å². The van der Waals surface area contributed by atoms with Gasteiger partial charge in [-0.25, -0.2) is 4.98 Å². The maximum absolute atomic E-state index is 5.63. The quantitative estimate of drug-likeness (QED) is 0.810. The molecule has 0 aromatic carbocycles. The summed E-state index contributed by atoms with van der Waals surface area (Å²) in [5, 5.41) is 3.26. The Kier molecular flexibility index (Phi) is 3.46. The molecule has 0 fully saturated rings. The number of nitrogens with one attached hydrogen (secondary N) is 1. The van der Waals surface area contributed by atoms with Crippen molar-refractivity contribution in [2.24, 2.45) is 5.73 Å². The van der Waals surface area contributed by atoms with Crippen LogP contribution in [0.3, 0.4) is 0 Å². The minimum Gasteiger partial charge on any atom is -0.366 e. The first-order chi connectivity index (χ1) is 7.90. The molecule has 0 aliphatic rings. The topological polar surface area (TPSA) is 63.8 Å². The van der Waals surface area contributed by atoms with Crippen molar-refractivity contribution in [3.05, 3.63) is 54.0 Å². The largest absolute Gasteiger partial charge is 0.366 e. The summed E-state index contributed by atoms with van der Waals surface area (Å²) in [7, 11) is 0. The number of anilines is 1. The Morgan fingerprint density at radius 2 is 1.94 bits per heavy atom. The van der Waals surface area contributed by atoms with Gasteiger partial charge < -0.3 is 11.1 Å². The van der Waals surface area contributed by atoms with Gasteiger partial charge in [0.1, 0.15) is 5.82 Å². The molecule has 0 saturated carbocycles. The highest BCUT2D eigenvalue weighted by Gasteiger charge is 2.00.